The average molecular weight is 242 g/mol. The van der Waals surface area contributed by atoms with Crippen LogP contribution in [0.1, 0.15) is 19.4 Å². The molecule has 0 aliphatic rings. The van der Waals surface area contributed by atoms with Crippen molar-refractivity contribution in [2.45, 2.75) is 13.8 Å². The molecule has 0 aromatic heterocycles. The first-order valence-corrected chi connectivity index (χ1v) is 5.75. The number of methoxy groups -OCH3 is 1. The summed E-state index contributed by atoms with van der Waals surface area (Å²) in [4.78, 5) is 11.3. The first-order chi connectivity index (χ1) is 8.60. The molecular formula is C16H18O2. The first-order valence-electron chi connectivity index (χ1n) is 5.75. The molecule has 0 atom stereocenters. The monoisotopic (exact) mass is 242 g/mol. The number of Topliss-reactive ketones (excluding diaryl/α,β-unsaturated/α-hetero) is 1. The molecular weight excluding hydrogens is 224 g/mol. The van der Waals surface area contributed by atoms with E-state index in [1.807, 2.05) is 37.3 Å². The topological polar surface area (TPSA) is 26.3 Å². The van der Waals surface area contributed by atoms with Gasteiger partial charge in [-0.3, -0.25) is 4.79 Å². The molecule has 2 heteroatoms. The van der Waals surface area contributed by atoms with Gasteiger partial charge >= 0.3 is 0 Å². The molecule has 0 aliphatic carbocycles. The lowest BCUT2D eigenvalue weighted by molar-refractivity contribution is -0.113. The Morgan fingerprint density at radius 2 is 1.89 bits per heavy atom. The zero-order chi connectivity index (χ0) is 13.5. The van der Waals surface area contributed by atoms with E-state index in [4.69, 9.17) is 4.74 Å². The Morgan fingerprint density at radius 3 is 2.44 bits per heavy atom. The van der Waals surface area contributed by atoms with Crippen LogP contribution >= 0.6 is 0 Å². The molecule has 0 saturated carbocycles. The molecule has 0 radical (unpaired) electrons. The number of carbonyl (C=O) groups excluding carboxylic acids is 1. The van der Waals surface area contributed by atoms with Crippen LogP contribution in [0.5, 0.6) is 5.75 Å². The van der Waals surface area contributed by atoms with Gasteiger partial charge in [0.2, 0.25) is 0 Å². The summed E-state index contributed by atoms with van der Waals surface area (Å²) in [6.07, 6.45) is 5.24. The molecule has 0 fully saturated rings. The van der Waals surface area contributed by atoms with Gasteiger partial charge in [0.1, 0.15) is 5.75 Å². The minimum absolute atomic E-state index is 0.00840. The molecule has 0 heterocycles. The zero-order valence-electron chi connectivity index (χ0n) is 11.1. The molecule has 0 amide bonds. The van der Waals surface area contributed by atoms with Crippen molar-refractivity contribution < 1.29 is 9.53 Å². The lowest BCUT2D eigenvalue weighted by atomic mass is 10.0. The van der Waals surface area contributed by atoms with Gasteiger partial charge < -0.3 is 4.74 Å². The third kappa shape index (κ3) is 3.45. The normalized spacial score (nSPS) is 12.2. The fourth-order valence-corrected chi connectivity index (χ4v) is 1.60. The lowest BCUT2D eigenvalue weighted by Crippen LogP contribution is -1.92. The van der Waals surface area contributed by atoms with Crippen LogP contribution in [-0.2, 0) is 4.79 Å². The molecule has 2 nitrogen and oxygen atoms in total. The Hall–Kier alpha value is -2.09. The minimum Gasteiger partial charge on any atom is -0.496 e. The highest BCUT2D eigenvalue weighted by atomic mass is 16.5. The van der Waals surface area contributed by atoms with Crippen molar-refractivity contribution in [3.63, 3.8) is 0 Å². The second kappa shape index (κ2) is 6.60. The molecule has 0 unspecified atom stereocenters. The summed E-state index contributed by atoms with van der Waals surface area (Å²) in [6.45, 7) is 7.13. The summed E-state index contributed by atoms with van der Waals surface area (Å²) in [6, 6.07) is 7.78. The summed E-state index contributed by atoms with van der Waals surface area (Å²) in [5, 5.41) is 0. The van der Waals surface area contributed by atoms with E-state index in [1.54, 1.807) is 19.3 Å². The number of para-hydroxylation sites is 1. The van der Waals surface area contributed by atoms with Gasteiger partial charge in [-0.15, -0.1) is 0 Å². The van der Waals surface area contributed by atoms with Crippen molar-refractivity contribution in [2.24, 2.45) is 0 Å². The molecule has 1 aromatic carbocycles. The smallest absolute Gasteiger partial charge is 0.159 e. The van der Waals surface area contributed by atoms with E-state index in [0.29, 0.717) is 5.57 Å². The third-order valence-corrected chi connectivity index (χ3v) is 2.67. The predicted octanol–water partition coefficient (Wildman–Crippen LogP) is 3.80. The van der Waals surface area contributed by atoms with E-state index in [9.17, 15) is 4.79 Å². The average Bonchev–Trinajstić information content (AvgIpc) is 2.38. The number of ether oxygens (including phenoxy) is 1. The van der Waals surface area contributed by atoms with Crippen LogP contribution in [0, 0.1) is 0 Å². The van der Waals surface area contributed by atoms with E-state index in [0.717, 1.165) is 16.9 Å². The highest BCUT2D eigenvalue weighted by molar-refractivity contribution is 5.96. The Bertz CT molecular complexity index is 508. The summed E-state index contributed by atoms with van der Waals surface area (Å²) >= 11 is 0. The summed E-state index contributed by atoms with van der Waals surface area (Å²) in [7, 11) is 1.65. The first kappa shape index (κ1) is 14.0. The van der Waals surface area contributed by atoms with Crippen LogP contribution in [0.2, 0.25) is 0 Å². The predicted molar refractivity (Wildman–Crippen MR) is 75.6 cm³/mol. The highest BCUT2D eigenvalue weighted by Crippen LogP contribution is 2.25. The number of hydrogen-bond donors (Lipinski definition) is 0. The van der Waals surface area contributed by atoms with E-state index in [1.165, 1.54) is 6.92 Å². The number of rotatable bonds is 5. The molecule has 1 aromatic rings. The van der Waals surface area contributed by atoms with Crippen LogP contribution in [0.25, 0.3) is 5.57 Å². The van der Waals surface area contributed by atoms with Crippen molar-refractivity contribution in [3.8, 4) is 5.75 Å². The molecule has 94 valence electrons. The van der Waals surface area contributed by atoms with Crippen molar-refractivity contribution in [3.05, 3.63) is 60.2 Å². The molecule has 0 bridgehead atoms. The standard InChI is InChI=1S/C16H18O2/c1-5-14(13(3)17)11-10-12(2)15-8-6-7-9-16(15)18-4/h5-11H,1H2,2-4H3/b12-10+,14-11+. The van der Waals surface area contributed by atoms with Crippen LogP contribution in [0.15, 0.2) is 54.6 Å². The molecule has 18 heavy (non-hydrogen) atoms. The van der Waals surface area contributed by atoms with Gasteiger partial charge in [-0.25, -0.2) is 0 Å². The number of hydrogen-bond acceptors (Lipinski definition) is 2. The molecule has 0 spiro atoms. The summed E-state index contributed by atoms with van der Waals surface area (Å²) in [5.74, 6) is 0.830. The maximum atomic E-state index is 11.3. The van der Waals surface area contributed by atoms with Gasteiger partial charge in [-0.05, 0) is 25.5 Å². The third-order valence-electron chi connectivity index (χ3n) is 2.67. The second-order valence-electron chi connectivity index (χ2n) is 3.93. The molecule has 0 aliphatic heterocycles. The number of benzene rings is 1. The van der Waals surface area contributed by atoms with Gasteiger partial charge in [-0.1, -0.05) is 43.0 Å². The SMILES string of the molecule is C=C/C(=C\C=C(/C)c1ccccc1OC)C(C)=O. The number of allylic oxidation sites excluding steroid dienone is 5. The van der Waals surface area contributed by atoms with E-state index in [2.05, 4.69) is 6.58 Å². The Labute approximate surface area is 108 Å². The second-order valence-corrected chi connectivity index (χ2v) is 3.93. The molecule has 0 N–H and O–H groups in total. The lowest BCUT2D eigenvalue weighted by Gasteiger charge is -2.07. The summed E-state index contributed by atoms with van der Waals surface area (Å²) < 4.78 is 5.30. The fourth-order valence-electron chi connectivity index (χ4n) is 1.60. The Balaban J connectivity index is 3.10. The van der Waals surface area contributed by atoms with Crippen molar-refractivity contribution >= 4 is 11.4 Å². The minimum atomic E-state index is 0.00840. The maximum absolute atomic E-state index is 11.3. The van der Waals surface area contributed by atoms with Gasteiger partial charge in [0.15, 0.2) is 5.78 Å². The van der Waals surface area contributed by atoms with Gasteiger partial charge in [-0.2, -0.15) is 0 Å². The summed E-state index contributed by atoms with van der Waals surface area (Å²) in [5.41, 5.74) is 2.65. The van der Waals surface area contributed by atoms with Crippen LogP contribution in [-0.4, -0.2) is 12.9 Å². The number of ketones is 1. The molecule has 1 rings (SSSR count). The van der Waals surface area contributed by atoms with E-state index < -0.39 is 0 Å². The number of carbonyl (C=O) groups is 1. The van der Waals surface area contributed by atoms with Gasteiger partial charge in [0.05, 0.1) is 7.11 Å². The van der Waals surface area contributed by atoms with Gasteiger partial charge in [0, 0.05) is 11.1 Å². The Morgan fingerprint density at radius 1 is 1.22 bits per heavy atom. The van der Waals surface area contributed by atoms with Gasteiger partial charge in [0.25, 0.3) is 0 Å². The molecule has 0 saturated heterocycles. The van der Waals surface area contributed by atoms with E-state index >= 15 is 0 Å². The highest BCUT2D eigenvalue weighted by Gasteiger charge is 2.03. The van der Waals surface area contributed by atoms with Crippen LogP contribution in [0.4, 0.5) is 0 Å². The van der Waals surface area contributed by atoms with Crippen LogP contribution in [0.3, 0.4) is 0 Å². The quantitative estimate of drug-likeness (QED) is 0.580. The van der Waals surface area contributed by atoms with E-state index in [-0.39, 0.29) is 5.78 Å². The van der Waals surface area contributed by atoms with Crippen molar-refractivity contribution in [1.29, 1.82) is 0 Å². The van der Waals surface area contributed by atoms with Crippen molar-refractivity contribution in [2.75, 3.05) is 7.11 Å². The van der Waals surface area contributed by atoms with Crippen molar-refractivity contribution in [1.82, 2.24) is 0 Å². The maximum Gasteiger partial charge on any atom is 0.159 e. The van der Waals surface area contributed by atoms with Crippen LogP contribution < -0.4 is 4.74 Å². The Kier molecular flexibility index (Phi) is 5.12. The largest absolute Gasteiger partial charge is 0.496 e. The zero-order valence-corrected chi connectivity index (χ0v) is 11.1. The fraction of sp³-hybridized carbons (Fsp3) is 0.188.